The summed E-state index contributed by atoms with van der Waals surface area (Å²) in [5, 5.41) is 9.88. The van der Waals surface area contributed by atoms with E-state index in [9.17, 15) is 9.90 Å². The van der Waals surface area contributed by atoms with Gasteiger partial charge >= 0.3 is 5.97 Å². The summed E-state index contributed by atoms with van der Waals surface area (Å²) in [6.07, 6.45) is 4.41. The van der Waals surface area contributed by atoms with E-state index in [1.807, 2.05) is 0 Å². The lowest BCUT2D eigenvalue weighted by Crippen LogP contribution is -2.30. The molecule has 0 spiro atoms. The van der Waals surface area contributed by atoms with Crippen molar-refractivity contribution in [3.63, 3.8) is 0 Å². The molecule has 0 aliphatic heterocycles. The van der Waals surface area contributed by atoms with Gasteiger partial charge in [0.25, 0.3) is 0 Å². The molecule has 0 aromatic heterocycles. The highest BCUT2D eigenvalue weighted by molar-refractivity contribution is 5.73. The van der Waals surface area contributed by atoms with Gasteiger partial charge in [0.05, 0.1) is 19.1 Å². The van der Waals surface area contributed by atoms with Crippen molar-refractivity contribution in [1.82, 2.24) is 0 Å². The monoisotopic (exact) mass is 200 g/mol. The number of carbonyl (C=O) groups is 1. The number of aliphatic hydroxyl groups is 1. The number of rotatable bonds is 6. The molecule has 0 amide bonds. The van der Waals surface area contributed by atoms with Crippen LogP contribution in [-0.4, -0.2) is 24.3 Å². The number of methoxy groups -OCH3 is 1. The van der Waals surface area contributed by atoms with Crippen LogP contribution < -0.4 is 0 Å². The molecule has 1 rings (SSSR count). The van der Waals surface area contributed by atoms with Crippen molar-refractivity contribution in [2.45, 2.75) is 45.1 Å². The Labute approximate surface area is 85.5 Å². The minimum absolute atomic E-state index is 0.252. The molecule has 1 fully saturated rings. The summed E-state index contributed by atoms with van der Waals surface area (Å²) < 4.78 is 4.71. The Kier molecular flexibility index (Phi) is 4.39. The summed E-state index contributed by atoms with van der Waals surface area (Å²) in [6.45, 7) is 2.08. The van der Waals surface area contributed by atoms with Crippen LogP contribution in [0.5, 0.6) is 0 Å². The van der Waals surface area contributed by atoms with Gasteiger partial charge in [-0.1, -0.05) is 19.8 Å². The standard InChI is InChI=1S/C11H20O3/c1-3-4-5-9(11(13)14-2)10(12)8-6-7-8/h8-10,12H,3-7H2,1-2H3. The van der Waals surface area contributed by atoms with Gasteiger partial charge < -0.3 is 9.84 Å². The molecule has 3 heteroatoms. The van der Waals surface area contributed by atoms with Gasteiger partial charge in [-0.2, -0.15) is 0 Å². The highest BCUT2D eigenvalue weighted by Gasteiger charge is 2.38. The van der Waals surface area contributed by atoms with Crippen LogP contribution in [0.3, 0.4) is 0 Å². The second-order valence-electron chi connectivity index (χ2n) is 4.10. The Morgan fingerprint density at radius 3 is 2.64 bits per heavy atom. The molecule has 1 aliphatic carbocycles. The minimum atomic E-state index is -0.478. The zero-order valence-corrected chi connectivity index (χ0v) is 9.03. The van der Waals surface area contributed by atoms with Crippen molar-refractivity contribution in [1.29, 1.82) is 0 Å². The van der Waals surface area contributed by atoms with Crippen molar-refractivity contribution < 1.29 is 14.6 Å². The number of hydrogen-bond donors (Lipinski definition) is 1. The van der Waals surface area contributed by atoms with E-state index in [0.29, 0.717) is 5.92 Å². The van der Waals surface area contributed by atoms with E-state index in [1.165, 1.54) is 7.11 Å². The molecule has 0 radical (unpaired) electrons. The van der Waals surface area contributed by atoms with E-state index in [0.717, 1.165) is 32.1 Å². The third kappa shape index (κ3) is 2.98. The molecule has 0 aromatic carbocycles. The van der Waals surface area contributed by atoms with Gasteiger partial charge in [-0.3, -0.25) is 4.79 Å². The molecule has 0 bridgehead atoms. The molecule has 2 atom stereocenters. The summed E-state index contributed by atoms with van der Waals surface area (Å²) in [4.78, 5) is 11.4. The second kappa shape index (κ2) is 5.35. The van der Waals surface area contributed by atoms with Crippen molar-refractivity contribution in [3.8, 4) is 0 Å². The Morgan fingerprint density at radius 2 is 2.21 bits per heavy atom. The van der Waals surface area contributed by atoms with Crippen LogP contribution in [0.2, 0.25) is 0 Å². The molecule has 1 aliphatic rings. The van der Waals surface area contributed by atoms with E-state index in [4.69, 9.17) is 4.74 Å². The summed E-state index contributed by atoms with van der Waals surface area (Å²) in [5.41, 5.74) is 0. The van der Waals surface area contributed by atoms with E-state index in [1.54, 1.807) is 0 Å². The van der Waals surface area contributed by atoms with Crippen LogP contribution in [0.25, 0.3) is 0 Å². The Hall–Kier alpha value is -0.570. The maximum atomic E-state index is 11.4. The summed E-state index contributed by atoms with van der Waals surface area (Å²) in [5.74, 6) is -0.207. The molecule has 0 saturated heterocycles. The first kappa shape index (κ1) is 11.5. The number of unbranched alkanes of at least 4 members (excludes halogenated alkanes) is 1. The quantitative estimate of drug-likeness (QED) is 0.664. The highest BCUT2D eigenvalue weighted by Crippen LogP contribution is 2.37. The van der Waals surface area contributed by atoms with Crippen LogP contribution in [0.15, 0.2) is 0 Å². The lowest BCUT2D eigenvalue weighted by Gasteiger charge is -2.19. The largest absolute Gasteiger partial charge is 0.469 e. The van der Waals surface area contributed by atoms with E-state index < -0.39 is 6.10 Å². The molecule has 14 heavy (non-hydrogen) atoms. The average Bonchev–Trinajstić information content (AvgIpc) is 3.00. The fourth-order valence-corrected chi connectivity index (χ4v) is 1.77. The Bertz CT molecular complexity index is 187. The van der Waals surface area contributed by atoms with Crippen molar-refractivity contribution >= 4 is 5.97 Å². The number of aliphatic hydroxyl groups excluding tert-OH is 1. The third-order valence-electron chi connectivity index (χ3n) is 2.89. The molecule has 82 valence electrons. The SMILES string of the molecule is CCCCC(C(=O)OC)C(O)C1CC1. The zero-order valence-electron chi connectivity index (χ0n) is 9.03. The van der Waals surface area contributed by atoms with Gasteiger partial charge in [-0.25, -0.2) is 0 Å². The average molecular weight is 200 g/mol. The Balaban J connectivity index is 2.45. The van der Waals surface area contributed by atoms with Crippen LogP contribution in [-0.2, 0) is 9.53 Å². The van der Waals surface area contributed by atoms with E-state index in [-0.39, 0.29) is 11.9 Å². The topological polar surface area (TPSA) is 46.5 Å². The van der Waals surface area contributed by atoms with Gasteiger partial charge in [-0.15, -0.1) is 0 Å². The summed E-state index contributed by atoms with van der Waals surface area (Å²) in [7, 11) is 1.39. The Morgan fingerprint density at radius 1 is 1.57 bits per heavy atom. The number of hydrogen-bond acceptors (Lipinski definition) is 3. The zero-order chi connectivity index (χ0) is 10.6. The molecule has 1 N–H and O–H groups in total. The smallest absolute Gasteiger partial charge is 0.311 e. The fraction of sp³-hybridized carbons (Fsp3) is 0.909. The molecule has 0 heterocycles. The van der Waals surface area contributed by atoms with E-state index in [2.05, 4.69) is 6.92 Å². The molecule has 1 saturated carbocycles. The van der Waals surface area contributed by atoms with Gasteiger partial charge in [-0.05, 0) is 25.2 Å². The number of carbonyl (C=O) groups excluding carboxylic acids is 1. The number of esters is 1. The maximum Gasteiger partial charge on any atom is 0.311 e. The van der Waals surface area contributed by atoms with Crippen LogP contribution in [0, 0.1) is 11.8 Å². The van der Waals surface area contributed by atoms with E-state index >= 15 is 0 Å². The van der Waals surface area contributed by atoms with Gasteiger partial charge in [0.1, 0.15) is 0 Å². The second-order valence-corrected chi connectivity index (χ2v) is 4.10. The molecular formula is C11H20O3. The maximum absolute atomic E-state index is 11.4. The number of ether oxygens (including phenoxy) is 1. The molecular weight excluding hydrogens is 180 g/mol. The van der Waals surface area contributed by atoms with Crippen molar-refractivity contribution in [2.75, 3.05) is 7.11 Å². The minimum Gasteiger partial charge on any atom is -0.469 e. The molecule has 3 nitrogen and oxygen atoms in total. The van der Waals surface area contributed by atoms with Crippen LogP contribution >= 0.6 is 0 Å². The third-order valence-corrected chi connectivity index (χ3v) is 2.89. The lowest BCUT2D eigenvalue weighted by molar-refractivity contribution is -0.150. The summed E-state index contributed by atoms with van der Waals surface area (Å²) >= 11 is 0. The van der Waals surface area contributed by atoms with Crippen LogP contribution in [0.1, 0.15) is 39.0 Å². The summed E-state index contributed by atoms with van der Waals surface area (Å²) in [6, 6.07) is 0. The van der Waals surface area contributed by atoms with Crippen LogP contribution in [0.4, 0.5) is 0 Å². The fourth-order valence-electron chi connectivity index (χ4n) is 1.77. The first-order valence-corrected chi connectivity index (χ1v) is 5.46. The lowest BCUT2D eigenvalue weighted by atomic mass is 9.93. The van der Waals surface area contributed by atoms with Gasteiger partial charge in [0, 0.05) is 0 Å². The first-order chi connectivity index (χ1) is 6.70. The highest BCUT2D eigenvalue weighted by atomic mass is 16.5. The van der Waals surface area contributed by atoms with Crippen molar-refractivity contribution in [2.24, 2.45) is 11.8 Å². The first-order valence-electron chi connectivity index (χ1n) is 5.46. The van der Waals surface area contributed by atoms with Crippen molar-refractivity contribution in [3.05, 3.63) is 0 Å². The normalized spacial score (nSPS) is 20.2. The molecule has 0 aromatic rings. The predicted octanol–water partition coefficient (Wildman–Crippen LogP) is 1.74. The van der Waals surface area contributed by atoms with Gasteiger partial charge in [0.15, 0.2) is 0 Å². The van der Waals surface area contributed by atoms with Gasteiger partial charge in [0.2, 0.25) is 0 Å². The molecule has 2 unspecified atom stereocenters. The predicted molar refractivity (Wildman–Crippen MR) is 53.8 cm³/mol.